The first-order chi connectivity index (χ1) is 15.7. The molecule has 1 N–H and O–H groups in total. The predicted octanol–water partition coefficient (Wildman–Crippen LogP) is 4.52. The fourth-order valence-corrected chi connectivity index (χ4v) is 3.46. The summed E-state index contributed by atoms with van der Waals surface area (Å²) >= 11 is 0. The minimum atomic E-state index is -4.83. The second kappa shape index (κ2) is 8.78. The predicted molar refractivity (Wildman–Crippen MR) is 116 cm³/mol. The first kappa shape index (κ1) is 22.1. The van der Waals surface area contributed by atoms with Crippen molar-refractivity contribution in [1.82, 2.24) is 14.9 Å². The van der Waals surface area contributed by atoms with Crippen LogP contribution in [0.3, 0.4) is 0 Å². The van der Waals surface area contributed by atoms with Gasteiger partial charge in [-0.1, -0.05) is 30.3 Å². The van der Waals surface area contributed by atoms with Crippen LogP contribution in [0.2, 0.25) is 0 Å². The number of nitrogens with one attached hydrogen (secondary N) is 1. The van der Waals surface area contributed by atoms with Gasteiger partial charge in [-0.15, -0.1) is 13.2 Å². The first-order valence-corrected chi connectivity index (χ1v) is 9.93. The number of benzene rings is 3. The summed E-state index contributed by atoms with van der Waals surface area (Å²) in [6.45, 7) is 1.56. The van der Waals surface area contributed by atoms with Crippen molar-refractivity contribution in [2.24, 2.45) is 0 Å². The molecule has 6 nitrogen and oxygen atoms in total. The second-order valence-corrected chi connectivity index (χ2v) is 7.20. The number of rotatable bonds is 5. The Bertz CT molecular complexity index is 1380. The third-order valence-electron chi connectivity index (χ3n) is 4.97. The SMILES string of the molecule is Cc1nc2ccccc2c(=O)n1-c1ccc(C(=O)NCc2ccccc2OC(F)(F)F)cc1. The number of hydrogen-bond donors (Lipinski definition) is 1. The topological polar surface area (TPSA) is 73.2 Å². The van der Waals surface area contributed by atoms with Crippen LogP contribution >= 0.6 is 0 Å². The van der Waals surface area contributed by atoms with Gasteiger partial charge in [0.05, 0.1) is 16.6 Å². The number of aryl methyl sites for hydroxylation is 1. The van der Waals surface area contributed by atoms with Gasteiger partial charge in [0.1, 0.15) is 11.6 Å². The molecule has 0 saturated heterocycles. The van der Waals surface area contributed by atoms with Crippen LogP contribution in [0, 0.1) is 6.92 Å². The number of carbonyl (C=O) groups is 1. The maximum atomic E-state index is 12.9. The van der Waals surface area contributed by atoms with Crippen molar-refractivity contribution in [3.8, 4) is 11.4 Å². The molecule has 1 heterocycles. The molecule has 0 spiro atoms. The van der Waals surface area contributed by atoms with Gasteiger partial charge in [-0.2, -0.15) is 0 Å². The lowest BCUT2D eigenvalue weighted by Gasteiger charge is -2.14. The highest BCUT2D eigenvalue weighted by Crippen LogP contribution is 2.26. The zero-order valence-electron chi connectivity index (χ0n) is 17.4. The van der Waals surface area contributed by atoms with Crippen LogP contribution in [0.1, 0.15) is 21.7 Å². The molecule has 33 heavy (non-hydrogen) atoms. The number of carbonyl (C=O) groups excluding carboxylic acids is 1. The van der Waals surface area contributed by atoms with Crippen molar-refractivity contribution in [3.63, 3.8) is 0 Å². The molecule has 0 unspecified atom stereocenters. The fourth-order valence-electron chi connectivity index (χ4n) is 3.46. The number of hydrogen-bond acceptors (Lipinski definition) is 4. The Labute approximate surface area is 186 Å². The average Bonchev–Trinajstić information content (AvgIpc) is 2.78. The van der Waals surface area contributed by atoms with Crippen LogP contribution < -0.4 is 15.6 Å². The Hall–Kier alpha value is -4.14. The highest BCUT2D eigenvalue weighted by atomic mass is 19.4. The molecule has 0 aliphatic heterocycles. The van der Waals surface area contributed by atoms with Gasteiger partial charge in [-0.25, -0.2) is 4.98 Å². The minimum absolute atomic E-state index is 0.153. The summed E-state index contributed by atoms with van der Waals surface area (Å²) in [4.78, 5) is 29.9. The highest BCUT2D eigenvalue weighted by Gasteiger charge is 2.32. The smallest absolute Gasteiger partial charge is 0.405 e. The third kappa shape index (κ3) is 4.87. The van der Waals surface area contributed by atoms with E-state index in [0.29, 0.717) is 22.4 Å². The number of alkyl halides is 3. The summed E-state index contributed by atoms with van der Waals surface area (Å²) in [5.41, 5.74) is 1.38. The summed E-state index contributed by atoms with van der Waals surface area (Å²) in [5, 5.41) is 3.06. The molecular formula is C24H18F3N3O3. The minimum Gasteiger partial charge on any atom is -0.405 e. The largest absolute Gasteiger partial charge is 0.573 e. The van der Waals surface area contributed by atoms with E-state index in [9.17, 15) is 22.8 Å². The number of aromatic nitrogens is 2. The maximum Gasteiger partial charge on any atom is 0.573 e. The van der Waals surface area contributed by atoms with Crippen molar-refractivity contribution < 1.29 is 22.7 Å². The lowest BCUT2D eigenvalue weighted by Crippen LogP contribution is -2.25. The lowest BCUT2D eigenvalue weighted by atomic mass is 10.1. The van der Waals surface area contributed by atoms with E-state index >= 15 is 0 Å². The second-order valence-electron chi connectivity index (χ2n) is 7.20. The van der Waals surface area contributed by atoms with Crippen molar-refractivity contribution in [3.05, 3.63) is 100 Å². The van der Waals surface area contributed by atoms with E-state index in [1.54, 1.807) is 49.4 Å². The third-order valence-corrected chi connectivity index (χ3v) is 4.97. The van der Waals surface area contributed by atoms with E-state index in [1.807, 2.05) is 0 Å². The standard InChI is InChI=1S/C24H18F3N3O3/c1-15-29-20-8-4-3-7-19(20)23(32)30(15)18-12-10-16(11-13-18)22(31)28-14-17-6-2-5-9-21(17)33-24(25,26)27/h2-13H,14H2,1H3,(H,28,31). The van der Waals surface area contributed by atoms with Crippen LogP contribution in [0.4, 0.5) is 13.2 Å². The number of fused-ring (bicyclic) bond motifs is 1. The quantitative estimate of drug-likeness (QED) is 0.482. The van der Waals surface area contributed by atoms with Crippen molar-refractivity contribution >= 4 is 16.8 Å². The summed E-state index contributed by atoms with van der Waals surface area (Å²) < 4.78 is 43.2. The molecule has 3 aromatic carbocycles. The van der Waals surface area contributed by atoms with Gasteiger partial charge in [-0.3, -0.25) is 14.2 Å². The molecule has 0 aliphatic carbocycles. The molecule has 1 amide bonds. The molecule has 168 valence electrons. The average molecular weight is 453 g/mol. The molecule has 9 heteroatoms. The zero-order chi connectivity index (χ0) is 23.6. The van der Waals surface area contributed by atoms with Gasteiger partial charge >= 0.3 is 6.36 Å². The fraction of sp³-hybridized carbons (Fsp3) is 0.125. The van der Waals surface area contributed by atoms with Gasteiger partial charge in [0.25, 0.3) is 11.5 Å². The van der Waals surface area contributed by atoms with E-state index < -0.39 is 12.3 Å². The maximum absolute atomic E-state index is 12.9. The van der Waals surface area contributed by atoms with E-state index in [2.05, 4.69) is 15.0 Å². The number of nitrogens with zero attached hydrogens (tertiary/aromatic N) is 2. The molecule has 0 aliphatic rings. The highest BCUT2D eigenvalue weighted by molar-refractivity contribution is 5.94. The van der Waals surface area contributed by atoms with Crippen molar-refractivity contribution in [2.75, 3.05) is 0 Å². The Morgan fingerprint density at radius 2 is 1.67 bits per heavy atom. The van der Waals surface area contributed by atoms with Crippen LogP contribution in [0.5, 0.6) is 5.75 Å². The first-order valence-electron chi connectivity index (χ1n) is 9.93. The van der Waals surface area contributed by atoms with Crippen LogP contribution in [0.15, 0.2) is 77.6 Å². The molecule has 4 aromatic rings. The number of amides is 1. The Morgan fingerprint density at radius 1 is 1.00 bits per heavy atom. The van der Waals surface area contributed by atoms with Crippen molar-refractivity contribution in [2.45, 2.75) is 19.8 Å². The molecule has 0 atom stereocenters. The van der Waals surface area contributed by atoms with Gasteiger partial charge in [-0.05, 0) is 49.4 Å². The number of para-hydroxylation sites is 2. The summed E-state index contributed by atoms with van der Waals surface area (Å²) in [5.74, 6) is -0.361. The molecule has 0 bridgehead atoms. The summed E-state index contributed by atoms with van der Waals surface area (Å²) in [7, 11) is 0. The Kier molecular flexibility index (Phi) is 5.87. The van der Waals surface area contributed by atoms with Gasteiger partial charge in [0.15, 0.2) is 0 Å². The van der Waals surface area contributed by atoms with Crippen LogP contribution in [0.25, 0.3) is 16.6 Å². The van der Waals surface area contributed by atoms with Gasteiger partial charge in [0, 0.05) is 17.7 Å². The zero-order valence-corrected chi connectivity index (χ0v) is 17.4. The van der Waals surface area contributed by atoms with E-state index in [4.69, 9.17) is 0 Å². The number of ether oxygens (including phenoxy) is 1. The van der Waals surface area contributed by atoms with Crippen LogP contribution in [-0.2, 0) is 6.54 Å². The molecule has 0 saturated carbocycles. The molecule has 4 rings (SSSR count). The molecular weight excluding hydrogens is 435 g/mol. The molecule has 0 radical (unpaired) electrons. The van der Waals surface area contributed by atoms with Gasteiger partial charge < -0.3 is 10.1 Å². The lowest BCUT2D eigenvalue weighted by molar-refractivity contribution is -0.274. The van der Waals surface area contributed by atoms with E-state index in [-0.39, 0.29) is 29.0 Å². The Balaban J connectivity index is 1.53. The van der Waals surface area contributed by atoms with E-state index in [0.717, 1.165) is 0 Å². The van der Waals surface area contributed by atoms with Crippen LogP contribution in [-0.4, -0.2) is 21.8 Å². The summed E-state index contributed by atoms with van der Waals surface area (Å²) in [6.07, 6.45) is -4.83. The van der Waals surface area contributed by atoms with Gasteiger partial charge in [0.2, 0.25) is 0 Å². The Morgan fingerprint density at radius 3 is 2.39 bits per heavy atom. The summed E-state index contributed by atoms with van der Waals surface area (Å²) in [6, 6.07) is 18.9. The normalized spacial score (nSPS) is 11.4. The number of halogens is 3. The molecule has 1 aromatic heterocycles. The monoisotopic (exact) mass is 453 g/mol. The van der Waals surface area contributed by atoms with Crippen molar-refractivity contribution in [1.29, 1.82) is 0 Å². The van der Waals surface area contributed by atoms with E-state index in [1.165, 1.54) is 34.9 Å². The molecule has 0 fully saturated rings.